The Kier molecular flexibility index (Phi) is 6.74. The lowest BCUT2D eigenvalue weighted by Crippen LogP contribution is -2.33. The topological polar surface area (TPSA) is 87.0 Å². The SMILES string of the molecule is CN(C)CCN(Cc1ccccc1)c1ccc(N2C(=O)C3CCCCC3C2=O)cc1[N+](=O)[O-]. The molecule has 2 atom stereocenters. The van der Waals surface area contributed by atoms with Crippen LogP contribution in [0.15, 0.2) is 48.5 Å². The van der Waals surface area contributed by atoms with E-state index in [0.717, 1.165) is 24.9 Å². The third kappa shape index (κ3) is 4.75. The number of hydrogen-bond donors (Lipinski definition) is 0. The number of carbonyl (C=O) groups is 2. The summed E-state index contributed by atoms with van der Waals surface area (Å²) in [5.74, 6) is -1.03. The number of anilines is 2. The van der Waals surface area contributed by atoms with Gasteiger partial charge in [-0.05, 0) is 44.6 Å². The molecule has 33 heavy (non-hydrogen) atoms. The van der Waals surface area contributed by atoms with Crippen LogP contribution in [0.25, 0.3) is 0 Å². The van der Waals surface area contributed by atoms with Crippen LogP contribution >= 0.6 is 0 Å². The fourth-order valence-electron chi connectivity index (χ4n) is 4.89. The summed E-state index contributed by atoms with van der Waals surface area (Å²) in [6.45, 7) is 1.83. The summed E-state index contributed by atoms with van der Waals surface area (Å²) in [5, 5.41) is 12.1. The Labute approximate surface area is 193 Å². The van der Waals surface area contributed by atoms with Crippen molar-refractivity contribution in [2.45, 2.75) is 32.2 Å². The molecule has 2 aromatic carbocycles. The van der Waals surface area contributed by atoms with Crippen molar-refractivity contribution in [1.82, 2.24) is 4.90 Å². The number of fused-ring (bicyclic) bond motifs is 1. The summed E-state index contributed by atoms with van der Waals surface area (Å²) in [6.07, 6.45) is 3.30. The highest BCUT2D eigenvalue weighted by Crippen LogP contribution is 2.42. The first-order valence-electron chi connectivity index (χ1n) is 11.5. The van der Waals surface area contributed by atoms with Gasteiger partial charge in [0, 0.05) is 25.7 Å². The third-order valence-corrected chi connectivity index (χ3v) is 6.63. The largest absolute Gasteiger partial charge is 0.360 e. The third-order valence-electron chi connectivity index (χ3n) is 6.63. The van der Waals surface area contributed by atoms with Gasteiger partial charge in [-0.15, -0.1) is 0 Å². The molecule has 1 aliphatic heterocycles. The summed E-state index contributed by atoms with van der Waals surface area (Å²) >= 11 is 0. The average Bonchev–Trinajstić information content (AvgIpc) is 3.07. The normalized spacial score (nSPS) is 20.3. The highest BCUT2D eigenvalue weighted by Gasteiger charge is 2.49. The van der Waals surface area contributed by atoms with Gasteiger partial charge in [-0.1, -0.05) is 43.2 Å². The smallest absolute Gasteiger partial charge is 0.294 e. The number of amides is 2. The second-order valence-corrected chi connectivity index (χ2v) is 9.15. The molecule has 1 saturated heterocycles. The van der Waals surface area contributed by atoms with Crippen LogP contribution in [0.1, 0.15) is 31.2 Å². The van der Waals surface area contributed by atoms with E-state index in [0.29, 0.717) is 37.3 Å². The molecular formula is C25H30N4O4. The second-order valence-electron chi connectivity index (χ2n) is 9.15. The summed E-state index contributed by atoms with van der Waals surface area (Å²) in [4.78, 5) is 42.8. The molecule has 1 heterocycles. The molecule has 0 spiro atoms. The molecule has 8 heteroatoms. The molecule has 8 nitrogen and oxygen atoms in total. The van der Waals surface area contributed by atoms with Crippen molar-refractivity contribution in [2.75, 3.05) is 37.0 Å². The predicted octanol–water partition coefficient (Wildman–Crippen LogP) is 3.84. The van der Waals surface area contributed by atoms with Gasteiger partial charge < -0.3 is 9.80 Å². The average molecular weight is 451 g/mol. The fraction of sp³-hybridized carbons (Fsp3) is 0.440. The molecule has 174 valence electrons. The van der Waals surface area contributed by atoms with Crippen molar-refractivity contribution < 1.29 is 14.5 Å². The van der Waals surface area contributed by atoms with E-state index in [1.54, 1.807) is 12.1 Å². The van der Waals surface area contributed by atoms with Gasteiger partial charge in [-0.3, -0.25) is 19.7 Å². The van der Waals surface area contributed by atoms with E-state index in [4.69, 9.17) is 0 Å². The van der Waals surface area contributed by atoms with Gasteiger partial charge in [-0.25, -0.2) is 4.90 Å². The van der Waals surface area contributed by atoms with Crippen molar-refractivity contribution in [3.63, 3.8) is 0 Å². The number of hydrogen-bond acceptors (Lipinski definition) is 6. The lowest BCUT2D eigenvalue weighted by atomic mass is 9.81. The maximum atomic E-state index is 13.0. The van der Waals surface area contributed by atoms with Crippen LogP contribution in [0.4, 0.5) is 17.1 Å². The zero-order chi connectivity index (χ0) is 23.5. The minimum atomic E-state index is -0.426. The first-order chi connectivity index (χ1) is 15.9. The van der Waals surface area contributed by atoms with Gasteiger partial charge in [0.05, 0.1) is 22.4 Å². The molecule has 2 aliphatic rings. The monoisotopic (exact) mass is 450 g/mol. The second kappa shape index (κ2) is 9.70. The van der Waals surface area contributed by atoms with Crippen molar-refractivity contribution in [1.29, 1.82) is 0 Å². The first kappa shape index (κ1) is 22.9. The standard InChI is InChI=1S/C25H30N4O4/c1-26(2)14-15-27(17-18-8-4-3-5-9-18)22-13-12-19(16-23(22)29(32)33)28-24(30)20-10-6-7-11-21(20)25(28)31/h3-5,8-9,12-13,16,20-21H,6-7,10-11,14-15,17H2,1-2H3. The number of nitro benzene ring substituents is 1. The summed E-state index contributed by atoms with van der Waals surface area (Å²) in [5.41, 5.74) is 1.72. The van der Waals surface area contributed by atoms with E-state index in [-0.39, 0.29) is 29.3 Å². The molecule has 1 aliphatic carbocycles. The van der Waals surface area contributed by atoms with Crippen molar-refractivity contribution in [3.8, 4) is 0 Å². The van der Waals surface area contributed by atoms with Crippen molar-refractivity contribution in [3.05, 3.63) is 64.2 Å². The Hall–Kier alpha value is -3.26. The van der Waals surface area contributed by atoms with E-state index < -0.39 is 4.92 Å². The summed E-state index contributed by atoms with van der Waals surface area (Å²) < 4.78 is 0. The number of imide groups is 1. The van der Waals surface area contributed by atoms with E-state index in [2.05, 4.69) is 0 Å². The zero-order valence-corrected chi connectivity index (χ0v) is 19.1. The van der Waals surface area contributed by atoms with Crippen molar-refractivity contribution >= 4 is 28.9 Å². The van der Waals surface area contributed by atoms with Crippen LogP contribution in [0, 0.1) is 22.0 Å². The quantitative estimate of drug-likeness (QED) is 0.345. The van der Waals surface area contributed by atoms with Crippen LogP contribution in [0.3, 0.4) is 0 Å². The van der Waals surface area contributed by atoms with Crippen LogP contribution in [0.5, 0.6) is 0 Å². The van der Waals surface area contributed by atoms with Crippen LogP contribution < -0.4 is 9.80 Å². The summed E-state index contributed by atoms with van der Waals surface area (Å²) in [7, 11) is 3.92. The highest BCUT2D eigenvalue weighted by molar-refractivity contribution is 6.22. The fourth-order valence-corrected chi connectivity index (χ4v) is 4.89. The molecule has 0 N–H and O–H groups in total. The lowest BCUT2D eigenvalue weighted by molar-refractivity contribution is -0.384. The van der Waals surface area contributed by atoms with Crippen LogP contribution in [0.2, 0.25) is 0 Å². The Morgan fingerprint density at radius 2 is 1.61 bits per heavy atom. The van der Waals surface area contributed by atoms with E-state index >= 15 is 0 Å². The maximum Gasteiger partial charge on any atom is 0.294 e. The number of likely N-dealkylation sites (N-methyl/N-ethyl adjacent to an activating group) is 1. The minimum Gasteiger partial charge on any atom is -0.360 e. The Morgan fingerprint density at radius 1 is 0.970 bits per heavy atom. The molecule has 1 saturated carbocycles. The van der Waals surface area contributed by atoms with Crippen LogP contribution in [-0.4, -0.2) is 48.8 Å². The van der Waals surface area contributed by atoms with Gasteiger partial charge in [0.2, 0.25) is 11.8 Å². The molecule has 2 unspecified atom stereocenters. The highest BCUT2D eigenvalue weighted by atomic mass is 16.6. The zero-order valence-electron chi connectivity index (χ0n) is 19.1. The molecule has 0 aromatic heterocycles. The Morgan fingerprint density at radius 3 is 2.18 bits per heavy atom. The minimum absolute atomic E-state index is 0.0994. The number of carbonyl (C=O) groups excluding carboxylic acids is 2. The van der Waals surface area contributed by atoms with Gasteiger partial charge >= 0.3 is 0 Å². The van der Waals surface area contributed by atoms with E-state index in [9.17, 15) is 19.7 Å². The first-order valence-corrected chi connectivity index (χ1v) is 11.5. The van der Waals surface area contributed by atoms with Gasteiger partial charge in [0.1, 0.15) is 5.69 Å². The number of nitro groups is 1. The molecule has 4 rings (SSSR count). The number of rotatable bonds is 8. The predicted molar refractivity (Wildman–Crippen MR) is 127 cm³/mol. The lowest BCUT2D eigenvalue weighted by Gasteiger charge is -2.27. The van der Waals surface area contributed by atoms with Gasteiger partial charge in [0.15, 0.2) is 0 Å². The Bertz CT molecular complexity index is 1020. The molecule has 0 radical (unpaired) electrons. The molecule has 2 aromatic rings. The van der Waals surface area contributed by atoms with E-state index in [1.807, 2.05) is 54.2 Å². The van der Waals surface area contributed by atoms with Gasteiger partial charge in [0.25, 0.3) is 5.69 Å². The van der Waals surface area contributed by atoms with Gasteiger partial charge in [-0.2, -0.15) is 0 Å². The molecule has 0 bridgehead atoms. The van der Waals surface area contributed by atoms with Crippen molar-refractivity contribution in [2.24, 2.45) is 11.8 Å². The number of nitrogens with zero attached hydrogens (tertiary/aromatic N) is 4. The van der Waals surface area contributed by atoms with Crippen LogP contribution in [-0.2, 0) is 16.1 Å². The number of benzene rings is 2. The maximum absolute atomic E-state index is 13.0. The Balaban J connectivity index is 1.68. The molecule has 2 fully saturated rings. The molecular weight excluding hydrogens is 420 g/mol. The van der Waals surface area contributed by atoms with E-state index in [1.165, 1.54) is 11.0 Å². The summed E-state index contributed by atoms with van der Waals surface area (Å²) in [6, 6.07) is 14.5. The molecule has 2 amide bonds.